The van der Waals surface area contributed by atoms with Gasteiger partial charge in [0.15, 0.2) is 0 Å². The van der Waals surface area contributed by atoms with Gasteiger partial charge in [-0.25, -0.2) is 0 Å². The summed E-state index contributed by atoms with van der Waals surface area (Å²) >= 11 is 1.71. The topological polar surface area (TPSA) is 55.1 Å². The van der Waals surface area contributed by atoms with Crippen LogP contribution in [0.3, 0.4) is 0 Å². The number of carbonyl (C=O) groups is 1. The lowest BCUT2D eigenvalue weighted by atomic mass is 10.2. The standard InChI is InChI=1S/C9H20N2OS/c1-4-7(2)11-9(12)8(10)5-6-13-3/h7-8H,4-6,10H2,1-3H3,(H,11,12)/t7?,8-/m1/s1. The zero-order valence-electron chi connectivity index (χ0n) is 8.67. The number of amides is 1. The summed E-state index contributed by atoms with van der Waals surface area (Å²) in [5.41, 5.74) is 5.68. The summed E-state index contributed by atoms with van der Waals surface area (Å²) in [6.07, 6.45) is 3.71. The molecule has 0 aromatic heterocycles. The van der Waals surface area contributed by atoms with E-state index in [0.717, 1.165) is 18.6 Å². The number of nitrogens with one attached hydrogen (secondary N) is 1. The van der Waals surface area contributed by atoms with Crippen molar-refractivity contribution >= 4 is 17.7 Å². The molecule has 0 radical (unpaired) electrons. The molecule has 0 saturated heterocycles. The molecule has 0 aromatic carbocycles. The average Bonchev–Trinajstić information content (AvgIpc) is 2.13. The van der Waals surface area contributed by atoms with Crippen LogP contribution in [0.5, 0.6) is 0 Å². The molecule has 0 aromatic rings. The van der Waals surface area contributed by atoms with E-state index < -0.39 is 0 Å². The fourth-order valence-corrected chi connectivity index (χ4v) is 1.32. The Kier molecular flexibility index (Phi) is 7.09. The van der Waals surface area contributed by atoms with Gasteiger partial charge in [0, 0.05) is 6.04 Å². The molecule has 0 fully saturated rings. The third-order valence-corrected chi connectivity index (χ3v) is 2.61. The summed E-state index contributed by atoms with van der Waals surface area (Å²) in [5, 5.41) is 2.87. The van der Waals surface area contributed by atoms with Gasteiger partial charge in [-0.1, -0.05) is 6.92 Å². The first-order chi connectivity index (χ1) is 6.11. The predicted octanol–water partition coefficient (Wildman–Crippen LogP) is 0.982. The first-order valence-corrected chi connectivity index (χ1v) is 6.06. The lowest BCUT2D eigenvalue weighted by molar-refractivity contribution is -0.123. The molecule has 0 bridgehead atoms. The Hall–Kier alpha value is -0.220. The van der Waals surface area contributed by atoms with Crippen LogP contribution in [0.2, 0.25) is 0 Å². The van der Waals surface area contributed by atoms with Crippen molar-refractivity contribution in [3.8, 4) is 0 Å². The summed E-state index contributed by atoms with van der Waals surface area (Å²) in [6.45, 7) is 4.03. The molecular weight excluding hydrogens is 184 g/mol. The van der Waals surface area contributed by atoms with E-state index in [1.165, 1.54) is 0 Å². The summed E-state index contributed by atoms with van der Waals surface area (Å²) in [7, 11) is 0. The highest BCUT2D eigenvalue weighted by molar-refractivity contribution is 7.98. The van der Waals surface area contributed by atoms with E-state index in [4.69, 9.17) is 5.73 Å². The molecule has 0 aliphatic carbocycles. The van der Waals surface area contributed by atoms with E-state index >= 15 is 0 Å². The van der Waals surface area contributed by atoms with Gasteiger partial charge in [0.2, 0.25) is 5.91 Å². The number of hydrogen-bond donors (Lipinski definition) is 2. The van der Waals surface area contributed by atoms with Crippen LogP contribution in [-0.2, 0) is 4.79 Å². The number of rotatable bonds is 6. The van der Waals surface area contributed by atoms with E-state index in [1.807, 2.05) is 20.1 Å². The molecule has 3 nitrogen and oxygen atoms in total. The predicted molar refractivity (Wildman–Crippen MR) is 58.9 cm³/mol. The van der Waals surface area contributed by atoms with Crippen LogP contribution in [0.25, 0.3) is 0 Å². The van der Waals surface area contributed by atoms with Crippen molar-refractivity contribution in [1.29, 1.82) is 0 Å². The van der Waals surface area contributed by atoms with Crippen LogP contribution in [0.1, 0.15) is 26.7 Å². The van der Waals surface area contributed by atoms with Gasteiger partial charge in [-0.15, -0.1) is 0 Å². The molecule has 13 heavy (non-hydrogen) atoms. The number of carbonyl (C=O) groups excluding carboxylic acids is 1. The Morgan fingerprint density at radius 1 is 1.62 bits per heavy atom. The zero-order chi connectivity index (χ0) is 10.3. The number of nitrogens with two attached hydrogens (primary N) is 1. The van der Waals surface area contributed by atoms with Crippen LogP contribution in [0, 0.1) is 0 Å². The van der Waals surface area contributed by atoms with Gasteiger partial charge in [0.05, 0.1) is 6.04 Å². The van der Waals surface area contributed by atoms with Gasteiger partial charge in [0.1, 0.15) is 0 Å². The Bertz CT molecular complexity index is 153. The second-order valence-electron chi connectivity index (χ2n) is 3.21. The molecular formula is C9H20N2OS. The van der Waals surface area contributed by atoms with Gasteiger partial charge in [-0.05, 0) is 31.8 Å². The second kappa shape index (κ2) is 7.21. The molecule has 0 aliphatic heterocycles. The van der Waals surface area contributed by atoms with Crippen molar-refractivity contribution in [2.75, 3.05) is 12.0 Å². The van der Waals surface area contributed by atoms with Crippen molar-refractivity contribution in [3.05, 3.63) is 0 Å². The van der Waals surface area contributed by atoms with Crippen LogP contribution in [0.4, 0.5) is 0 Å². The molecule has 0 rings (SSSR count). The van der Waals surface area contributed by atoms with Crippen molar-refractivity contribution < 1.29 is 4.79 Å². The first kappa shape index (κ1) is 12.8. The maximum absolute atomic E-state index is 11.4. The summed E-state index contributed by atoms with van der Waals surface area (Å²) in [4.78, 5) is 11.4. The Balaban J connectivity index is 3.68. The average molecular weight is 204 g/mol. The zero-order valence-corrected chi connectivity index (χ0v) is 9.49. The molecule has 3 N–H and O–H groups in total. The quantitative estimate of drug-likeness (QED) is 0.678. The second-order valence-corrected chi connectivity index (χ2v) is 4.19. The summed E-state index contributed by atoms with van der Waals surface area (Å²) < 4.78 is 0. The fraction of sp³-hybridized carbons (Fsp3) is 0.889. The van der Waals surface area contributed by atoms with Gasteiger partial charge < -0.3 is 11.1 Å². The Morgan fingerprint density at radius 3 is 2.69 bits per heavy atom. The molecule has 0 heterocycles. The van der Waals surface area contributed by atoms with E-state index in [0.29, 0.717) is 0 Å². The summed E-state index contributed by atoms with van der Waals surface area (Å²) in [6, 6.07) is -0.116. The Labute approximate surface area is 84.8 Å². The normalized spacial score (nSPS) is 15.1. The maximum Gasteiger partial charge on any atom is 0.237 e. The van der Waals surface area contributed by atoms with Gasteiger partial charge in [-0.3, -0.25) is 4.79 Å². The van der Waals surface area contributed by atoms with Crippen LogP contribution in [0.15, 0.2) is 0 Å². The minimum absolute atomic E-state index is 0.0246. The minimum Gasteiger partial charge on any atom is -0.352 e. The van der Waals surface area contributed by atoms with Crippen molar-refractivity contribution in [1.82, 2.24) is 5.32 Å². The highest BCUT2D eigenvalue weighted by Gasteiger charge is 2.13. The van der Waals surface area contributed by atoms with Crippen LogP contribution >= 0.6 is 11.8 Å². The highest BCUT2D eigenvalue weighted by atomic mass is 32.2. The smallest absolute Gasteiger partial charge is 0.237 e. The molecule has 1 amide bonds. The molecule has 0 saturated carbocycles. The van der Waals surface area contributed by atoms with Gasteiger partial charge >= 0.3 is 0 Å². The maximum atomic E-state index is 11.4. The summed E-state index contributed by atoms with van der Waals surface area (Å²) in [5.74, 6) is 0.915. The van der Waals surface area contributed by atoms with Gasteiger partial charge in [-0.2, -0.15) is 11.8 Å². The van der Waals surface area contributed by atoms with E-state index in [-0.39, 0.29) is 18.0 Å². The van der Waals surface area contributed by atoms with Crippen molar-refractivity contribution in [3.63, 3.8) is 0 Å². The monoisotopic (exact) mass is 204 g/mol. The minimum atomic E-state index is -0.346. The van der Waals surface area contributed by atoms with Gasteiger partial charge in [0.25, 0.3) is 0 Å². The molecule has 2 atom stereocenters. The third kappa shape index (κ3) is 5.93. The SMILES string of the molecule is CCC(C)NC(=O)[C@H](N)CCSC. The van der Waals surface area contributed by atoms with E-state index in [9.17, 15) is 4.79 Å². The molecule has 78 valence electrons. The van der Waals surface area contributed by atoms with Crippen LogP contribution in [-0.4, -0.2) is 30.0 Å². The molecule has 1 unspecified atom stereocenters. The van der Waals surface area contributed by atoms with E-state index in [2.05, 4.69) is 5.32 Å². The fourth-order valence-electron chi connectivity index (χ4n) is 0.828. The highest BCUT2D eigenvalue weighted by Crippen LogP contribution is 1.99. The van der Waals surface area contributed by atoms with Crippen molar-refractivity contribution in [2.24, 2.45) is 5.73 Å². The van der Waals surface area contributed by atoms with E-state index in [1.54, 1.807) is 11.8 Å². The van der Waals surface area contributed by atoms with Crippen LogP contribution < -0.4 is 11.1 Å². The largest absolute Gasteiger partial charge is 0.352 e. The number of hydrogen-bond acceptors (Lipinski definition) is 3. The molecule has 4 heteroatoms. The molecule has 0 aliphatic rings. The van der Waals surface area contributed by atoms with Crippen molar-refractivity contribution in [2.45, 2.75) is 38.8 Å². The number of thioether (sulfide) groups is 1. The molecule has 0 spiro atoms. The first-order valence-electron chi connectivity index (χ1n) is 4.66. The third-order valence-electron chi connectivity index (χ3n) is 1.97. The lowest BCUT2D eigenvalue weighted by Gasteiger charge is -2.15. The Morgan fingerprint density at radius 2 is 2.23 bits per heavy atom. The lowest BCUT2D eigenvalue weighted by Crippen LogP contribution is -2.44.